The van der Waals surface area contributed by atoms with Gasteiger partial charge in [-0.05, 0) is 11.6 Å². The van der Waals surface area contributed by atoms with Crippen LogP contribution in [-0.2, 0) is 36.8 Å². The van der Waals surface area contributed by atoms with Crippen molar-refractivity contribution in [1.82, 2.24) is 30.9 Å². The van der Waals surface area contributed by atoms with Crippen LogP contribution in [0.4, 0.5) is 0 Å². The second-order valence-electron chi connectivity index (χ2n) is 8.75. The highest BCUT2D eigenvalue weighted by atomic mass is 16.4. The summed E-state index contributed by atoms with van der Waals surface area (Å²) in [5, 5.41) is 35.4. The lowest BCUT2D eigenvalue weighted by atomic mass is 10.0. The third-order valence-corrected chi connectivity index (χ3v) is 5.87. The third-order valence-electron chi connectivity index (χ3n) is 5.87. The number of nitrogens with two attached hydrogens (primary N) is 1. The Labute approximate surface area is 221 Å². The quantitative estimate of drug-likeness (QED) is 0.108. The van der Waals surface area contributed by atoms with Crippen LogP contribution in [-0.4, -0.2) is 90.7 Å². The molecule has 2 aromatic heterocycles. The number of aliphatic hydroxyl groups excluding tert-OH is 1. The number of nitrogens with one attached hydrogen (secondary N) is 5. The van der Waals surface area contributed by atoms with E-state index in [0.717, 1.165) is 10.9 Å². The number of fused-ring (bicyclic) bond motifs is 1. The van der Waals surface area contributed by atoms with Crippen molar-refractivity contribution in [2.24, 2.45) is 5.73 Å². The number of aliphatic hydroxyl groups is 1. The average molecular weight is 544 g/mol. The van der Waals surface area contributed by atoms with Crippen LogP contribution in [0.1, 0.15) is 17.7 Å². The molecule has 0 aliphatic rings. The first-order valence-electron chi connectivity index (χ1n) is 11.8. The summed E-state index contributed by atoms with van der Waals surface area (Å²) in [5.74, 6) is -5.39. The van der Waals surface area contributed by atoms with Gasteiger partial charge in [-0.3, -0.25) is 19.2 Å². The van der Waals surface area contributed by atoms with Gasteiger partial charge < -0.3 is 47.0 Å². The predicted octanol–water partition coefficient (Wildman–Crippen LogP) is -1.99. The van der Waals surface area contributed by atoms with E-state index in [0.29, 0.717) is 11.3 Å². The summed E-state index contributed by atoms with van der Waals surface area (Å²) >= 11 is 0. The molecule has 15 heteroatoms. The summed E-state index contributed by atoms with van der Waals surface area (Å²) in [6.07, 6.45) is 3.57. The summed E-state index contributed by atoms with van der Waals surface area (Å²) < 4.78 is 0. The van der Waals surface area contributed by atoms with Crippen LogP contribution < -0.4 is 21.7 Å². The topological polar surface area (TPSA) is 253 Å². The van der Waals surface area contributed by atoms with Crippen LogP contribution in [0.3, 0.4) is 0 Å². The van der Waals surface area contributed by atoms with Crippen molar-refractivity contribution >= 4 is 40.6 Å². The molecule has 0 saturated carbocycles. The van der Waals surface area contributed by atoms with Gasteiger partial charge in [0.05, 0.1) is 25.4 Å². The van der Waals surface area contributed by atoms with E-state index in [9.17, 15) is 34.2 Å². The molecular weight excluding hydrogens is 514 g/mol. The number of benzene rings is 1. The number of H-pyrrole nitrogens is 2. The number of carbonyl (C=O) groups is 5. The molecule has 3 amide bonds. The number of aromatic nitrogens is 3. The SMILES string of the molecule is NC(CC(=O)O)C(=O)NC(Cc1cnc[nH]1)C(=O)NC(Cc1c[nH]c2ccccc12)C(=O)NC(CO)C(=O)O. The number of hydrogen-bond donors (Lipinski definition) is 9. The van der Waals surface area contributed by atoms with Crippen LogP contribution in [0.2, 0.25) is 0 Å². The van der Waals surface area contributed by atoms with E-state index in [1.807, 2.05) is 12.1 Å². The van der Waals surface area contributed by atoms with Gasteiger partial charge in [0.15, 0.2) is 0 Å². The van der Waals surface area contributed by atoms with Gasteiger partial charge in [-0.15, -0.1) is 0 Å². The smallest absolute Gasteiger partial charge is 0.328 e. The molecule has 4 atom stereocenters. The summed E-state index contributed by atoms with van der Waals surface area (Å²) in [4.78, 5) is 71.0. The highest BCUT2D eigenvalue weighted by Gasteiger charge is 2.31. The average Bonchev–Trinajstić information content (AvgIpc) is 3.55. The zero-order valence-corrected chi connectivity index (χ0v) is 20.6. The molecule has 0 spiro atoms. The van der Waals surface area contributed by atoms with Crippen LogP contribution in [0.25, 0.3) is 10.9 Å². The number of para-hydroxylation sites is 1. The fraction of sp³-hybridized carbons (Fsp3) is 0.333. The Kier molecular flexibility index (Phi) is 9.72. The Morgan fingerprint density at radius 2 is 1.54 bits per heavy atom. The molecule has 0 aliphatic carbocycles. The summed E-state index contributed by atoms with van der Waals surface area (Å²) in [6.45, 7) is -0.880. The lowest BCUT2D eigenvalue weighted by Gasteiger charge is -2.24. The number of rotatable bonds is 14. The first-order valence-corrected chi connectivity index (χ1v) is 11.8. The second-order valence-corrected chi connectivity index (χ2v) is 8.75. The maximum absolute atomic E-state index is 13.4. The molecular formula is C24H29N7O8. The summed E-state index contributed by atoms with van der Waals surface area (Å²) in [5.41, 5.74) is 7.50. The van der Waals surface area contributed by atoms with Crippen LogP contribution >= 0.6 is 0 Å². The van der Waals surface area contributed by atoms with Gasteiger partial charge in [-0.25, -0.2) is 9.78 Å². The van der Waals surface area contributed by atoms with Gasteiger partial charge in [0.2, 0.25) is 17.7 Å². The number of hydrogen-bond acceptors (Lipinski definition) is 8. The highest BCUT2D eigenvalue weighted by Crippen LogP contribution is 2.19. The van der Waals surface area contributed by atoms with Crippen molar-refractivity contribution in [2.45, 2.75) is 43.4 Å². The van der Waals surface area contributed by atoms with Crippen molar-refractivity contribution in [3.8, 4) is 0 Å². The summed E-state index contributed by atoms with van der Waals surface area (Å²) in [6, 6.07) is 1.54. The minimum Gasteiger partial charge on any atom is -0.481 e. The Bertz CT molecular complexity index is 1320. The van der Waals surface area contributed by atoms with E-state index in [1.165, 1.54) is 12.5 Å². The molecule has 1 aromatic carbocycles. The first-order chi connectivity index (χ1) is 18.6. The van der Waals surface area contributed by atoms with Gasteiger partial charge in [-0.2, -0.15) is 0 Å². The first kappa shape index (κ1) is 28.8. The molecule has 0 aliphatic heterocycles. The molecule has 0 fully saturated rings. The van der Waals surface area contributed by atoms with Crippen molar-refractivity contribution in [2.75, 3.05) is 6.61 Å². The standard InChI is InChI=1S/C24H29N7O8/c25-15(7-20(33)34)21(35)29-18(6-13-9-26-11-28-13)23(37)30-17(22(36)31-19(10-32)24(38)39)5-12-8-27-16-4-2-1-3-14(12)16/h1-4,8-9,11,15,17-19,27,32H,5-7,10,25H2,(H,26,28)(H,29,35)(H,30,37)(H,31,36)(H,33,34)(H,38,39). The van der Waals surface area contributed by atoms with E-state index < -0.39 is 66.9 Å². The molecule has 4 unspecified atom stereocenters. The number of amides is 3. The molecule has 15 nitrogen and oxygen atoms in total. The van der Waals surface area contributed by atoms with E-state index in [1.54, 1.807) is 18.3 Å². The molecule has 10 N–H and O–H groups in total. The molecule has 2 heterocycles. The van der Waals surface area contributed by atoms with Crippen molar-refractivity contribution in [1.29, 1.82) is 0 Å². The van der Waals surface area contributed by atoms with Crippen LogP contribution in [0.15, 0.2) is 43.0 Å². The number of aromatic amines is 2. The fourth-order valence-corrected chi connectivity index (χ4v) is 3.84. The molecule has 3 aromatic rings. The Morgan fingerprint density at radius 3 is 2.15 bits per heavy atom. The van der Waals surface area contributed by atoms with E-state index in [-0.39, 0.29) is 12.8 Å². The second kappa shape index (κ2) is 13.2. The Hall–Kier alpha value is -4.76. The van der Waals surface area contributed by atoms with Crippen molar-refractivity contribution < 1.29 is 39.3 Å². The fourth-order valence-electron chi connectivity index (χ4n) is 3.84. The minimum absolute atomic E-state index is 0.0669. The lowest BCUT2D eigenvalue weighted by Crippen LogP contribution is -2.58. The molecule has 0 radical (unpaired) electrons. The maximum Gasteiger partial charge on any atom is 0.328 e. The van der Waals surface area contributed by atoms with E-state index >= 15 is 0 Å². The van der Waals surface area contributed by atoms with Crippen LogP contribution in [0, 0.1) is 0 Å². The Morgan fingerprint density at radius 1 is 0.897 bits per heavy atom. The lowest BCUT2D eigenvalue weighted by molar-refractivity contribution is -0.143. The van der Waals surface area contributed by atoms with Gasteiger partial charge in [-0.1, -0.05) is 18.2 Å². The monoisotopic (exact) mass is 543 g/mol. The number of carboxylic acids is 2. The van der Waals surface area contributed by atoms with Crippen molar-refractivity contribution in [3.05, 3.63) is 54.2 Å². The van der Waals surface area contributed by atoms with Crippen molar-refractivity contribution in [3.63, 3.8) is 0 Å². The molecule has 39 heavy (non-hydrogen) atoms. The normalized spacial score (nSPS) is 14.1. The largest absolute Gasteiger partial charge is 0.481 e. The molecule has 0 bridgehead atoms. The summed E-state index contributed by atoms with van der Waals surface area (Å²) in [7, 11) is 0. The van der Waals surface area contributed by atoms with Gasteiger partial charge in [0, 0.05) is 41.8 Å². The maximum atomic E-state index is 13.4. The molecule has 208 valence electrons. The number of imidazole rings is 1. The minimum atomic E-state index is -1.62. The predicted molar refractivity (Wildman–Crippen MR) is 135 cm³/mol. The zero-order valence-electron chi connectivity index (χ0n) is 20.6. The highest BCUT2D eigenvalue weighted by molar-refractivity contribution is 5.95. The molecule has 3 rings (SSSR count). The van der Waals surface area contributed by atoms with E-state index in [2.05, 4.69) is 30.9 Å². The number of aliphatic carboxylic acids is 2. The van der Waals surface area contributed by atoms with E-state index in [4.69, 9.17) is 10.8 Å². The third kappa shape index (κ3) is 7.86. The molecule has 0 saturated heterocycles. The van der Waals surface area contributed by atoms with Gasteiger partial charge >= 0.3 is 11.9 Å². The van der Waals surface area contributed by atoms with Crippen LogP contribution in [0.5, 0.6) is 0 Å². The number of carboxylic acid groups (broad SMARTS) is 2. The number of carbonyl (C=O) groups excluding carboxylic acids is 3. The Balaban J connectivity index is 1.86. The van der Waals surface area contributed by atoms with Gasteiger partial charge in [0.1, 0.15) is 18.1 Å². The zero-order chi connectivity index (χ0) is 28.5. The van der Waals surface area contributed by atoms with Gasteiger partial charge in [0.25, 0.3) is 0 Å². The number of nitrogens with zero attached hydrogens (tertiary/aromatic N) is 1.